The highest BCUT2D eigenvalue weighted by Crippen LogP contribution is 2.38. The maximum Gasteiger partial charge on any atom is 0.419 e. The van der Waals surface area contributed by atoms with Gasteiger partial charge in [-0.05, 0) is 12.1 Å². The molecule has 0 fully saturated rings. The Morgan fingerprint density at radius 2 is 1.90 bits per heavy atom. The number of methoxy groups -OCH3 is 1. The molecule has 7 heteroatoms. The van der Waals surface area contributed by atoms with Crippen LogP contribution in [0.1, 0.15) is 5.56 Å². The zero-order chi connectivity index (χ0) is 14.9. The lowest BCUT2D eigenvalue weighted by molar-refractivity contribution is -0.139. The first-order valence-electron chi connectivity index (χ1n) is 5.50. The van der Waals surface area contributed by atoms with Gasteiger partial charge in [0.25, 0.3) is 0 Å². The van der Waals surface area contributed by atoms with Crippen LogP contribution in [-0.4, -0.2) is 12.1 Å². The standard InChI is InChI=1S/C13H10F4N2O/c1-20-12-9(5-7(18)6-19-12)8-3-2-4-10(11(8)14)13(15,16)17/h2-6H,18H2,1H3. The molecular formula is C13H10F4N2O. The maximum atomic E-state index is 14.1. The second-order valence-electron chi connectivity index (χ2n) is 3.99. The molecule has 106 valence electrons. The number of nitrogen functional groups attached to an aromatic ring is 1. The number of pyridine rings is 1. The Balaban J connectivity index is 2.68. The minimum absolute atomic E-state index is 0.00238. The maximum absolute atomic E-state index is 14.1. The minimum atomic E-state index is -4.78. The zero-order valence-corrected chi connectivity index (χ0v) is 10.3. The first-order chi connectivity index (χ1) is 9.34. The number of halogens is 4. The lowest BCUT2D eigenvalue weighted by Gasteiger charge is -2.13. The van der Waals surface area contributed by atoms with Gasteiger partial charge in [0.2, 0.25) is 5.88 Å². The van der Waals surface area contributed by atoms with E-state index < -0.39 is 17.6 Å². The van der Waals surface area contributed by atoms with E-state index in [2.05, 4.69) is 4.98 Å². The van der Waals surface area contributed by atoms with E-state index >= 15 is 0 Å². The predicted octanol–water partition coefficient (Wildman–Crippen LogP) is 3.50. The fourth-order valence-electron chi connectivity index (χ4n) is 1.78. The van der Waals surface area contributed by atoms with E-state index in [1.165, 1.54) is 25.4 Å². The molecule has 2 aromatic rings. The molecule has 0 aliphatic heterocycles. The van der Waals surface area contributed by atoms with E-state index in [1.807, 2.05) is 0 Å². The van der Waals surface area contributed by atoms with Crippen molar-refractivity contribution in [2.75, 3.05) is 12.8 Å². The summed E-state index contributed by atoms with van der Waals surface area (Å²) in [5.74, 6) is -1.39. The molecule has 0 spiro atoms. The summed E-state index contributed by atoms with van der Waals surface area (Å²) in [6.07, 6.45) is -3.51. The Hall–Kier alpha value is -2.31. The number of aromatic nitrogens is 1. The van der Waals surface area contributed by atoms with Gasteiger partial charge in [-0.15, -0.1) is 0 Å². The number of hydrogen-bond donors (Lipinski definition) is 1. The highest BCUT2D eigenvalue weighted by atomic mass is 19.4. The van der Waals surface area contributed by atoms with Gasteiger partial charge >= 0.3 is 6.18 Å². The van der Waals surface area contributed by atoms with Crippen LogP contribution >= 0.6 is 0 Å². The summed E-state index contributed by atoms with van der Waals surface area (Å²) >= 11 is 0. The summed E-state index contributed by atoms with van der Waals surface area (Å²) in [5, 5.41) is 0. The van der Waals surface area contributed by atoms with E-state index in [4.69, 9.17) is 10.5 Å². The largest absolute Gasteiger partial charge is 0.481 e. The van der Waals surface area contributed by atoms with Crippen LogP contribution in [-0.2, 0) is 6.18 Å². The monoisotopic (exact) mass is 286 g/mol. The SMILES string of the molecule is COc1ncc(N)cc1-c1cccc(C(F)(F)F)c1F. The van der Waals surface area contributed by atoms with Crippen molar-refractivity contribution in [2.24, 2.45) is 0 Å². The van der Waals surface area contributed by atoms with Gasteiger partial charge in [-0.25, -0.2) is 9.37 Å². The first kappa shape index (κ1) is 14.1. The Kier molecular flexibility index (Phi) is 3.52. The number of alkyl halides is 3. The summed E-state index contributed by atoms with van der Waals surface area (Å²) in [6.45, 7) is 0. The molecule has 0 amide bonds. The van der Waals surface area contributed by atoms with Crippen LogP contribution in [0.2, 0.25) is 0 Å². The molecule has 2 rings (SSSR count). The predicted molar refractivity (Wildman–Crippen MR) is 65.6 cm³/mol. The third kappa shape index (κ3) is 2.52. The van der Waals surface area contributed by atoms with Crippen molar-refractivity contribution in [1.82, 2.24) is 4.98 Å². The van der Waals surface area contributed by atoms with Crippen LogP contribution in [0.5, 0.6) is 5.88 Å². The molecule has 0 bridgehead atoms. The first-order valence-corrected chi connectivity index (χ1v) is 5.50. The molecule has 0 saturated heterocycles. The van der Waals surface area contributed by atoms with Crippen LogP contribution in [0.3, 0.4) is 0 Å². The molecular weight excluding hydrogens is 276 g/mol. The van der Waals surface area contributed by atoms with Crippen molar-refractivity contribution in [1.29, 1.82) is 0 Å². The lowest BCUT2D eigenvalue weighted by Crippen LogP contribution is -2.09. The molecule has 1 heterocycles. The van der Waals surface area contributed by atoms with Crippen LogP contribution in [0.25, 0.3) is 11.1 Å². The van der Waals surface area contributed by atoms with Crippen LogP contribution < -0.4 is 10.5 Å². The second kappa shape index (κ2) is 4.99. The second-order valence-corrected chi connectivity index (χ2v) is 3.99. The van der Waals surface area contributed by atoms with Gasteiger partial charge in [-0.1, -0.05) is 12.1 Å². The summed E-state index contributed by atoms with van der Waals surface area (Å²) in [4.78, 5) is 3.81. The van der Waals surface area contributed by atoms with E-state index in [9.17, 15) is 17.6 Å². The summed E-state index contributed by atoms with van der Waals surface area (Å²) in [7, 11) is 1.29. The average molecular weight is 286 g/mol. The Morgan fingerprint density at radius 3 is 2.50 bits per heavy atom. The fourth-order valence-corrected chi connectivity index (χ4v) is 1.78. The number of nitrogens with two attached hydrogens (primary N) is 1. The fraction of sp³-hybridized carbons (Fsp3) is 0.154. The van der Waals surface area contributed by atoms with E-state index in [0.717, 1.165) is 6.07 Å². The van der Waals surface area contributed by atoms with Crippen molar-refractivity contribution >= 4 is 5.69 Å². The summed E-state index contributed by atoms with van der Waals surface area (Å²) < 4.78 is 57.1. The number of hydrogen-bond acceptors (Lipinski definition) is 3. The number of rotatable bonds is 2. The topological polar surface area (TPSA) is 48.1 Å². The molecule has 0 aliphatic carbocycles. The Morgan fingerprint density at radius 1 is 1.20 bits per heavy atom. The molecule has 0 aliphatic rings. The van der Waals surface area contributed by atoms with E-state index in [1.54, 1.807) is 0 Å². The summed E-state index contributed by atoms with van der Waals surface area (Å²) in [6, 6.07) is 4.31. The van der Waals surface area contributed by atoms with E-state index in [0.29, 0.717) is 6.07 Å². The van der Waals surface area contributed by atoms with Crippen molar-refractivity contribution in [2.45, 2.75) is 6.18 Å². The van der Waals surface area contributed by atoms with Crippen molar-refractivity contribution < 1.29 is 22.3 Å². The van der Waals surface area contributed by atoms with Gasteiger partial charge in [0.15, 0.2) is 0 Å². The Bertz CT molecular complexity index is 641. The number of nitrogens with zero attached hydrogens (tertiary/aromatic N) is 1. The molecule has 20 heavy (non-hydrogen) atoms. The van der Waals surface area contributed by atoms with Gasteiger partial charge in [-0.2, -0.15) is 13.2 Å². The smallest absolute Gasteiger partial charge is 0.419 e. The molecule has 3 nitrogen and oxygen atoms in total. The number of anilines is 1. The third-order valence-electron chi connectivity index (χ3n) is 2.66. The molecule has 0 radical (unpaired) electrons. The van der Waals surface area contributed by atoms with Crippen LogP contribution in [0, 0.1) is 5.82 Å². The van der Waals surface area contributed by atoms with E-state index in [-0.39, 0.29) is 22.7 Å². The van der Waals surface area contributed by atoms with Gasteiger partial charge in [-0.3, -0.25) is 0 Å². The van der Waals surface area contributed by atoms with Crippen LogP contribution in [0.4, 0.5) is 23.2 Å². The number of ether oxygens (including phenoxy) is 1. The van der Waals surface area contributed by atoms with Gasteiger partial charge < -0.3 is 10.5 Å². The molecule has 1 aromatic heterocycles. The van der Waals surface area contributed by atoms with Gasteiger partial charge in [0.1, 0.15) is 5.82 Å². The highest BCUT2D eigenvalue weighted by Gasteiger charge is 2.35. The zero-order valence-electron chi connectivity index (χ0n) is 10.3. The number of benzene rings is 1. The van der Waals surface area contributed by atoms with Crippen molar-refractivity contribution in [3.63, 3.8) is 0 Å². The molecule has 0 atom stereocenters. The average Bonchev–Trinajstić information content (AvgIpc) is 2.37. The van der Waals surface area contributed by atoms with Gasteiger partial charge in [0.05, 0.1) is 24.6 Å². The lowest BCUT2D eigenvalue weighted by atomic mass is 10.0. The Labute approximate surface area is 112 Å². The van der Waals surface area contributed by atoms with Crippen LogP contribution in [0.15, 0.2) is 30.5 Å². The molecule has 2 N–H and O–H groups in total. The minimum Gasteiger partial charge on any atom is -0.481 e. The highest BCUT2D eigenvalue weighted by molar-refractivity contribution is 5.72. The quantitative estimate of drug-likeness (QED) is 0.860. The third-order valence-corrected chi connectivity index (χ3v) is 2.66. The van der Waals surface area contributed by atoms with Gasteiger partial charge in [0, 0.05) is 11.1 Å². The normalized spacial score (nSPS) is 11.4. The van der Waals surface area contributed by atoms with Crippen molar-refractivity contribution in [3.05, 3.63) is 41.8 Å². The molecule has 0 unspecified atom stereocenters. The summed E-state index contributed by atoms with van der Waals surface area (Å²) in [5.41, 5.74) is 4.17. The molecule has 1 aromatic carbocycles. The van der Waals surface area contributed by atoms with Crippen molar-refractivity contribution in [3.8, 4) is 17.0 Å². The molecule has 0 saturated carbocycles.